The third-order valence-corrected chi connectivity index (χ3v) is 2.97. The molecule has 0 radical (unpaired) electrons. The van der Waals surface area contributed by atoms with Crippen molar-refractivity contribution < 1.29 is 19.0 Å². The molecule has 0 aliphatic rings. The number of methoxy groups -OCH3 is 3. The van der Waals surface area contributed by atoms with E-state index in [0.29, 0.717) is 30.1 Å². The van der Waals surface area contributed by atoms with Crippen molar-refractivity contribution in [2.75, 3.05) is 21.3 Å². The second kappa shape index (κ2) is 7.29. The summed E-state index contributed by atoms with van der Waals surface area (Å²) in [7, 11) is 4.60. The number of hydrogen-bond donors (Lipinski definition) is 1. The van der Waals surface area contributed by atoms with Gasteiger partial charge in [0.05, 0.1) is 27.2 Å². The average molecular weight is 277 g/mol. The molecule has 5 heteroatoms. The van der Waals surface area contributed by atoms with Crippen LogP contribution in [0.4, 0.5) is 0 Å². The molecule has 0 heterocycles. The van der Waals surface area contributed by atoms with Gasteiger partial charge in [0, 0.05) is 6.42 Å². The molecule has 1 atom stereocenters. The zero-order valence-electron chi connectivity index (χ0n) is 11.9. The molecule has 0 aliphatic heterocycles. The Morgan fingerprint density at radius 2 is 1.80 bits per heavy atom. The molecular weight excluding hydrogens is 258 g/mol. The molecule has 1 aromatic rings. The molecule has 20 heavy (non-hydrogen) atoms. The minimum absolute atomic E-state index is 0.298. The molecule has 0 fully saturated rings. The van der Waals surface area contributed by atoms with Crippen LogP contribution in [-0.2, 0) is 11.2 Å². The monoisotopic (exact) mass is 277 g/mol. The first kappa shape index (κ1) is 15.7. The van der Waals surface area contributed by atoms with Crippen LogP contribution in [0.5, 0.6) is 17.2 Å². The van der Waals surface area contributed by atoms with E-state index >= 15 is 0 Å². The predicted molar refractivity (Wildman–Crippen MR) is 75.9 cm³/mol. The number of carbonyl (C=O) groups is 1. The number of nitrogens with two attached hydrogens (primary N) is 1. The fourth-order valence-electron chi connectivity index (χ4n) is 1.95. The molecule has 0 spiro atoms. The summed E-state index contributed by atoms with van der Waals surface area (Å²) in [4.78, 5) is 11.4. The van der Waals surface area contributed by atoms with E-state index in [1.54, 1.807) is 12.1 Å². The maximum Gasteiger partial charge on any atom is 0.221 e. The minimum atomic E-state index is -0.420. The lowest BCUT2D eigenvalue weighted by atomic mass is 9.95. The first-order valence-corrected chi connectivity index (χ1v) is 6.09. The summed E-state index contributed by atoms with van der Waals surface area (Å²) in [5, 5.41) is 0. The summed E-state index contributed by atoms with van der Waals surface area (Å²) in [6.45, 7) is 0. The van der Waals surface area contributed by atoms with Crippen molar-refractivity contribution in [2.24, 2.45) is 11.7 Å². The standard InChI is InChI=1S/C15H19NO4/c1-5-6-11(15(16)17)7-10-8-12(18-2)14(20-4)13(9-10)19-3/h1,8-9,11H,6-7H2,2-4H3,(H2,16,17)/t11-/m0/s1. The van der Waals surface area contributed by atoms with Gasteiger partial charge in [0.1, 0.15) is 0 Å². The van der Waals surface area contributed by atoms with Crippen molar-refractivity contribution in [3.05, 3.63) is 17.7 Å². The molecule has 0 bridgehead atoms. The number of ether oxygens (including phenoxy) is 3. The van der Waals surface area contributed by atoms with Crippen LogP contribution < -0.4 is 19.9 Å². The molecule has 0 saturated carbocycles. The van der Waals surface area contributed by atoms with Crippen molar-refractivity contribution in [1.29, 1.82) is 0 Å². The summed E-state index contributed by atoms with van der Waals surface area (Å²) in [6, 6.07) is 3.57. The summed E-state index contributed by atoms with van der Waals surface area (Å²) in [5.41, 5.74) is 6.19. The minimum Gasteiger partial charge on any atom is -0.493 e. The zero-order valence-corrected chi connectivity index (χ0v) is 11.9. The van der Waals surface area contributed by atoms with E-state index in [4.69, 9.17) is 26.4 Å². The molecule has 1 rings (SSSR count). The summed E-state index contributed by atoms with van der Waals surface area (Å²) >= 11 is 0. The Bertz CT molecular complexity index is 494. The van der Waals surface area contributed by atoms with Crippen LogP contribution in [0.3, 0.4) is 0 Å². The van der Waals surface area contributed by atoms with Gasteiger partial charge in [0.2, 0.25) is 11.7 Å². The Morgan fingerprint density at radius 1 is 1.25 bits per heavy atom. The normalized spacial score (nSPS) is 11.3. The Morgan fingerprint density at radius 3 is 2.15 bits per heavy atom. The molecule has 0 saturated heterocycles. The lowest BCUT2D eigenvalue weighted by Gasteiger charge is -2.16. The molecule has 1 amide bonds. The van der Waals surface area contributed by atoms with Gasteiger partial charge in [0.15, 0.2) is 11.5 Å². The van der Waals surface area contributed by atoms with Crippen LogP contribution in [0.15, 0.2) is 12.1 Å². The Kier molecular flexibility index (Phi) is 5.73. The highest BCUT2D eigenvalue weighted by molar-refractivity contribution is 5.77. The van der Waals surface area contributed by atoms with E-state index in [1.807, 2.05) is 0 Å². The number of carbonyl (C=O) groups excluding carboxylic acids is 1. The van der Waals surface area contributed by atoms with Gasteiger partial charge in [-0.05, 0) is 24.1 Å². The van der Waals surface area contributed by atoms with Crippen LogP contribution >= 0.6 is 0 Å². The van der Waals surface area contributed by atoms with Crippen molar-refractivity contribution in [3.8, 4) is 29.6 Å². The SMILES string of the molecule is C#CC[C@@H](Cc1cc(OC)c(OC)c(OC)c1)C(N)=O. The van der Waals surface area contributed by atoms with Gasteiger partial charge >= 0.3 is 0 Å². The number of benzene rings is 1. The number of rotatable bonds is 7. The number of terminal acetylenes is 1. The lowest BCUT2D eigenvalue weighted by Crippen LogP contribution is -2.24. The highest BCUT2D eigenvalue weighted by Gasteiger charge is 2.18. The molecule has 5 nitrogen and oxygen atoms in total. The first-order valence-electron chi connectivity index (χ1n) is 6.09. The van der Waals surface area contributed by atoms with Crippen LogP contribution in [0.2, 0.25) is 0 Å². The Labute approximate surface area is 119 Å². The largest absolute Gasteiger partial charge is 0.493 e. The van der Waals surface area contributed by atoms with Gasteiger partial charge in [-0.25, -0.2) is 0 Å². The molecule has 0 unspecified atom stereocenters. The summed E-state index contributed by atoms with van der Waals surface area (Å²) in [5.74, 6) is 3.20. The van der Waals surface area contributed by atoms with Crippen molar-refractivity contribution in [1.82, 2.24) is 0 Å². The number of primary amides is 1. The van der Waals surface area contributed by atoms with Gasteiger partial charge in [-0.15, -0.1) is 12.3 Å². The fourth-order valence-corrected chi connectivity index (χ4v) is 1.95. The lowest BCUT2D eigenvalue weighted by molar-refractivity contribution is -0.121. The van der Waals surface area contributed by atoms with Crippen molar-refractivity contribution in [2.45, 2.75) is 12.8 Å². The zero-order chi connectivity index (χ0) is 15.1. The number of amides is 1. The predicted octanol–water partition coefficient (Wildman–Crippen LogP) is 1.38. The van der Waals surface area contributed by atoms with E-state index in [2.05, 4.69) is 5.92 Å². The van der Waals surface area contributed by atoms with Gasteiger partial charge in [0.25, 0.3) is 0 Å². The van der Waals surface area contributed by atoms with Gasteiger partial charge < -0.3 is 19.9 Å². The summed E-state index contributed by atoms with van der Waals surface area (Å²) in [6.07, 6.45) is 5.98. The van der Waals surface area contributed by atoms with E-state index in [1.165, 1.54) is 21.3 Å². The third kappa shape index (κ3) is 3.58. The molecule has 108 valence electrons. The first-order chi connectivity index (χ1) is 9.57. The average Bonchev–Trinajstić information content (AvgIpc) is 2.45. The van der Waals surface area contributed by atoms with Crippen LogP contribution in [0.1, 0.15) is 12.0 Å². The second-order valence-electron chi connectivity index (χ2n) is 4.25. The van der Waals surface area contributed by atoms with Crippen LogP contribution in [-0.4, -0.2) is 27.2 Å². The van der Waals surface area contributed by atoms with Gasteiger partial charge in [-0.2, -0.15) is 0 Å². The Hall–Kier alpha value is -2.35. The van der Waals surface area contributed by atoms with Crippen molar-refractivity contribution in [3.63, 3.8) is 0 Å². The maximum atomic E-state index is 11.4. The van der Waals surface area contributed by atoms with Crippen molar-refractivity contribution >= 4 is 5.91 Å². The molecule has 0 aromatic heterocycles. The quantitative estimate of drug-likeness (QED) is 0.764. The van der Waals surface area contributed by atoms with Gasteiger partial charge in [-0.3, -0.25) is 4.79 Å². The highest BCUT2D eigenvalue weighted by Crippen LogP contribution is 2.38. The molecule has 0 aliphatic carbocycles. The Balaban J connectivity index is 3.13. The molecular formula is C15H19NO4. The topological polar surface area (TPSA) is 70.8 Å². The molecule has 1 aromatic carbocycles. The van der Waals surface area contributed by atoms with E-state index in [9.17, 15) is 4.79 Å². The van der Waals surface area contributed by atoms with E-state index < -0.39 is 11.8 Å². The number of hydrogen-bond acceptors (Lipinski definition) is 4. The highest BCUT2D eigenvalue weighted by atomic mass is 16.5. The smallest absolute Gasteiger partial charge is 0.221 e. The molecule has 2 N–H and O–H groups in total. The van der Waals surface area contributed by atoms with Crippen LogP contribution in [0.25, 0.3) is 0 Å². The van der Waals surface area contributed by atoms with E-state index in [0.717, 1.165) is 5.56 Å². The maximum absolute atomic E-state index is 11.4. The third-order valence-electron chi connectivity index (χ3n) is 2.97. The summed E-state index contributed by atoms with van der Waals surface area (Å²) < 4.78 is 15.8. The van der Waals surface area contributed by atoms with E-state index in [-0.39, 0.29) is 0 Å². The second-order valence-corrected chi connectivity index (χ2v) is 4.25. The fraction of sp³-hybridized carbons (Fsp3) is 0.400. The van der Waals surface area contributed by atoms with Crippen LogP contribution in [0, 0.1) is 18.3 Å². The van der Waals surface area contributed by atoms with Gasteiger partial charge in [-0.1, -0.05) is 0 Å².